The Morgan fingerprint density at radius 1 is 1.53 bits per heavy atom. The summed E-state index contributed by atoms with van der Waals surface area (Å²) in [5.74, 6) is 0.190. The second kappa shape index (κ2) is 3.62. The van der Waals surface area contributed by atoms with Crippen molar-refractivity contribution in [3.63, 3.8) is 0 Å². The number of sulfonamides is 1. The molecule has 0 spiro atoms. The third kappa shape index (κ3) is 1.80. The Morgan fingerprint density at radius 3 is 2.73 bits per heavy atom. The second-order valence-electron chi connectivity index (χ2n) is 3.90. The van der Waals surface area contributed by atoms with Gasteiger partial charge in [-0.25, -0.2) is 8.42 Å². The fraction of sp³-hybridized carbons (Fsp3) is 0.556. The van der Waals surface area contributed by atoms with Gasteiger partial charge < -0.3 is 10.2 Å². The molecule has 2 unspecified atom stereocenters. The molecular weight excluding hydrogens is 216 g/mol. The monoisotopic (exact) mass is 230 g/mol. The van der Waals surface area contributed by atoms with Crippen LogP contribution in [0.25, 0.3) is 0 Å². The number of hydrogen-bond donors (Lipinski definition) is 1. The van der Waals surface area contributed by atoms with E-state index in [1.165, 1.54) is 16.6 Å². The van der Waals surface area contributed by atoms with Crippen molar-refractivity contribution in [3.05, 3.63) is 18.4 Å². The number of rotatable bonds is 2. The average Bonchev–Trinajstić information content (AvgIpc) is 2.77. The lowest BCUT2D eigenvalue weighted by atomic mass is 10.1. The summed E-state index contributed by atoms with van der Waals surface area (Å²) < 4.78 is 30.2. The SMILES string of the molecule is CC1CN(S(=O)(=O)c2ccco2)CC1N. The molecule has 0 amide bonds. The van der Waals surface area contributed by atoms with E-state index in [9.17, 15) is 8.42 Å². The summed E-state index contributed by atoms with van der Waals surface area (Å²) in [6.07, 6.45) is 1.35. The van der Waals surface area contributed by atoms with Gasteiger partial charge in [-0.1, -0.05) is 6.92 Å². The van der Waals surface area contributed by atoms with Crippen molar-refractivity contribution in [1.29, 1.82) is 0 Å². The molecule has 2 heterocycles. The van der Waals surface area contributed by atoms with Crippen molar-refractivity contribution in [3.8, 4) is 0 Å². The molecule has 0 aromatic carbocycles. The lowest BCUT2D eigenvalue weighted by molar-refractivity contribution is 0.406. The Bertz CT molecular complexity index is 416. The Kier molecular flexibility index (Phi) is 2.57. The summed E-state index contributed by atoms with van der Waals surface area (Å²) in [5.41, 5.74) is 5.78. The largest absolute Gasteiger partial charge is 0.452 e. The molecule has 1 aromatic heterocycles. The van der Waals surface area contributed by atoms with Gasteiger partial charge in [0.05, 0.1) is 6.26 Å². The summed E-state index contributed by atoms with van der Waals surface area (Å²) in [4.78, 5) is 0. The molecule has 0 aliphatic carbocycles. The van der Waals surface area contributed by atoms with Crippen LogP contribution in [0.4, 0.5) is 0 Å². The number of hydrogen-bond acceptors (Lipinski definition) is 4. The van der Waals surface area contributed by atoms with E-state index in [0.29, 0.717) is 13.1 Å². The van der Waals surface area contributed by atoms with Crippen LogP contribution >= 0.6 is 0 Å². The van der Waals surface area contributed by atoms with Gasteiger partial charge in [0.25, 0.3) is 10.0 Å². The summed E-state index contributed by atoms with van der Waals surface area (Å²) in [5, 5.41) is -0.0104. The molecule has 0 bridgehead atoms. The molecule has 1 aliphatic rings. The van der Waals surface area contributed by atoms with Crippen molar-refractivity contribution in [2.45, 2.75) is 18.1 Å². The number of furan rings is 1. The molecule has 15 heavy (non-hydrogen) atoms. The van der Waals surface area contributed by atoms with Gasteiger partial charge in [-0.15, -0.1) is 0 Å². The van der Waals surface area contributed by atoms with Crippen molar-refractivity contribution < 1.29 is 12.8 Å². The van der Waals surface area contributed by atoms with E-state index in [0.717, 1.165) is 0 Å². The molecule has 2 atom stereocenters. The molecule has 2 N–H and O–H groups in total. The Balaban J connectivity index is 2.25. The Labute approximate surface area is 88.9 Å². The third-order valence-electron chi connectivity index (χ3n) is 2.73. The van der Waals surface area contributed by atoms with Gasteiger partial charge in [0.2, 0.25) is 5.09 Å². The molecule has 1 fully saturated rings. The molecule has 0 saturated carbocycles. The van der Waals surface area contributed by atoms with Gasteiger partial charge in [0, 0.05) is 19.1 Å². The summed E-state index contributed by atoms with van der Waals surface area (Å²) in [7, 11) is -3.47. The first kappa shape index (κ1) is 10.7. The van der Waals surface area contributed by atoms with Gasteiger partial charge in [-0.3, -0.25) is 0 Å². The zero-order chi connectivity index (χ0) is 11.1. The fourth-order valence-corrected chi connectivity index (χ4v) is 3.16. The highest BCUT2D eigenvalue weighted by Gasteiger charge is 2.36. The maximum atomic E-state index is 12.0. The average molecular weight is 230 g/mol. The van der Waals surface area contributed by atoms with E-state index < -0.39 is 10.0 Å². The van der Waals surface area contributed by atoms with Gasteiger partial charge in [0.1, 0.15) is 0 Å². The lowest BCUT2D eigenvalue weighted by Crippen LogP contribution is -2.32. The first-order chi connectivity index (χ1) is 7.01. The predicted molar refractivity (Wildman–Crippen MR) is 54.6 cm³/mol. The van der Waals surface area contributed by atoms with Crippen LogP contribution < -0.4 is 5.73 Å². The molecule has 2 rings (SSSR count). The molecule has 84 valence electrons. The maximum absolute atomic E-state index is 12.0. The van der Waals surface area contributed by atoms with Gasteiger partial charge in [-0.2, -0.15) is 4.31 Å². The molecule has 5 nitrogen and oxygen atoms in total. The van der Waals surface area contributed by atoms with Crippen LogP contribution in [0.2, 0.25) is 0 Å². The first-order valence-electron chi connectivity index (χ1n) is 4.81. The van der Waals surface area contributed by atoms with Crippen LogP contribution in [0.3, 0.4) is 0 Å². The highest BCUT2D eigenvalue weighted by Crippen LogP contribution is 2.23. The highest BCUT2D eigenvalue weighted by molar-refractivity contribution is 7.89. The van der Waals surface area contributed by atoms with Gasteiger partial charge in [-0.05, 0) is 18.1 Å². The Hall–Kier alpha value is -0.850. The van der Waals surface area contributed by atoms with Crippen LogP contribution in [0.1, 0.15) is 6.92 Å². The first-order valence-corrected chi connectivity index (χ1v) is 6.25. The fourth-order valence-electron chi connectivity index (χ4n) is 1.68. The smallest absolute Gasteiger partial charge is 0.276 e. The zero-order valence-corrected chi connectivity index (χ0v) is 9.28. The molecular formula is C9H14N2O3S. The molecule has 1 aromatic rings. The van der Waals surface area contributed by atoms with Crippen molar-refractivity contribution >= 4 is 10.0 Å². The van der Waals surface area contributed by atoms with Crippen LogP contribution in [0.5, 0.6) is 0 Å². The minimum absolute atomic E-state index is 0.0104. The lowest BCUT2D eigenvalue weighted by Gasteiger charge is -2.13. The minimum atomic E-state index is -3.47. The quantitative estimate of drug-likeness (QED) is 0.790. The van der Waals surface area contributed by atoms with Crippen LogP contribution in [-0.2, 0) is 10.0 Å². The van der Waals surface area contributed by atoms with E-state index in [1.54, 1.807) is 6.07 Å². The molecule has 0 radical (unpaired) electrons. The van der Waals surface area contributed by atoms with E-state index in [2.05, 4.69) is 0 Å². The van der Waals surface area contributed by atoms with E-state index >= 15 is 0 Å². The van der Waals surface area contributed by atoms with E-state index in [1.807, 2.05) is 6.92 Å². The number of nitrogens with two attached hydrogens (primary N) is 1. The zero-order valence-electron chi connectivity index (χ0n) is 8.46. The molecule has 1 saturated heterocycles. The highest BCUT2D eigenvalue weighted by atomic mass is 32.2. The maximum Gasteiger partial charge on any atom is 0.276 e. The summed E-state index contributed by atoms with van der Waals surface area (Å²) >= 11 is 0. The van der Waals surface area contributed by atoms with Crippen molar-refractivity contribution in [2.24, 2.45) is 11.7 Å². The van der Waals surface area contributed by atoms with Gasteiger partial charge >= 0.3 is 0 Å². The number of nitrogens with zero attached hydrogens (tertiary/aromatic N) is 1. The predicted octanol–water partition coefficient (Wildman–Crippen LogP) is 0.247. The van der Waals surface area contributed by atoms with Crippen molar-refractivity contribution in [2.75, 3.05) is 13.1 Å². The van der Waals surface area contributed by atoms with Crippen LogP contribution in [0, 0.1) is 5.92 Å². The third-order valence-corrected chi connectivity index (χ3v) is 4.44. The van der Waals surface area contributed by atoms with E-state index in [4.69, 9.17) is 10.2 Å². The molecule has 1 aliphatic heterocycles. The van der Waals surface area contributed by atoms with Crippen molar-refractivity contribution in [1.82, 2.24) is 4.31 Å². The topological polar surface area (TPSA) is 76.5 Å². The van der Waals surface area contributed by atoms with Gasteiger partial charge in [0.15, 0.2) is 0 Å². The van der Waals surface area contributed by atoms with Crippen LogP contribution in [0.15, 0.2) is 27.9 Å². The minimum Gasteiger partial charge on any atom is -0.452 e. The molecule has 6 heteroatoms. The summed E-state index contributed by atoms with van der Waals surface area (Å²) in [6.45, 7) is 2.77. The Morgan fingerprint density at radius 2 is 2.27 bits per heavy atom. The van der Waals surface area contributed by atoms with Crippen LogP contribution in [-0.4, -0.2) is 31.9 Å². The van der Waals surface area contributed by atoms with E-state index in [-0.39, 0.29) is 17.1 Å². The second-order valence-corrected chi connectivity index (χ2v) is 5.76. The summed E-state index contributed by atoms with van der Waals surface area (Å²) in [6, 6.07) is 2.92. The standard InChI is InChI=1S/C9H14N2O3S/c1-7-5-11(6-8(7)10)15(12,13)9-3-2-4-14-9/h2-4,7-8H,5-6,10H2,1H3. The normalized spacial score (nSPS) is 28.4.